The van der Waals surface area contributed by atoms with Crippen LogP contribution in [-0.2, 0) is 11.8 Å². The molecule has 1 saturated heterocycles. The standard InChI is InChI=1S/C14H22ClN3O2/c1-5-14(7-20-8-14)6-16-13(19)10-11(9(2)3)17-18(4)12(10)15/h9H,5-8H2,1-4H3,(H,16,19). The van der Waals surface area contributed by atoms with Crippen LogP contribution in [0.3, 0.4) is 0 Å². The van der Waals surface area contributed by atoms with Crippen molar-refractivity contribution < 1.29 is 9.53 Å². The van der Waals surface area contributed by atoms with Gasteiger partial charge in [0.2, 0.25) is 0 Å². The van der Waals surface area contributed by atoms with Gasteiger partial charge in [0.05, 0.1) is 24.5 Å². The summed E-state index contributed by atoms with van der Waals surface area (Å²) >= 11 is 6.20. The summed E-state index contributed by atoms with van der Waals surface area (Å²) < 4.78 is 6.81. The predicted octanol–water partition coefficient (Wildman–Crippen LogP) is 2.35. The normalized spacial score (nSPS) is 17.1. The molecule has 1 aliphatic heterocycles. The average Bonchev–Trinajstić information content (AvgIpc) is 2.65. The second kappa shape index (κ2) is 5.74. The molecule has 5 nitrogen and oxygen atoms in total. The molecule has 0 saturated carbocycles. The number of carbonyl (C=O) groups excluding carboxylic acids is 1. The van der Waals surface area contributed by atoms with E-state index in [0.29, 0.717) is 30.5 Å². The van der Waals surface area contributed by atoms with E-state index in [4.69, 9.17) is 16.3 Å². The molecule has 1 aromatic rings. The summed E-state index contributed by atoms with van der Waals surface area (Å²) in [5, 5.41) is 7.70. The fourth-order valence-electron chi connectivity index (χ4n) is 2.32. The molecule has 0 aliphatic carbocycles. The van der Waals surface area contributed by atoms with E-state index in [1.54, 1.807) is 11.7 Å². The smallest absolute Gasteiger partial charge is 0.256 e. The molecule has 0 bridgehead atoms. The van der Waals surface area contributed by atoms with E-state index < -0.39 is 0 Å². The number of ether oxygens (including phenoxy) is 1. The maximum Gasteiger partial charge on any atom is 0.256 e. The maximum atomic E-state index is 12.4. The third-order valence-electron chi connectivity index (χ3n) is 3.97. The molecule has 1 fully saturated rings. The molecule has 20 heavy (non-hydrogen) atoms. The van der Waals surface area contributed by atoms with Gasteiger partial charge in [0.15, 0.2) is 0 Å². The second-order valence-electron chi connectivity index (χ2n) is 5.86. The van der Waals surface area contributed by atoms with Gasteiger partial charge in [0.25, 0.3) is 5.91 Å². The average molecular weight is 300 g/mol. The Labute approximate surface area is 124 Å². The van der Waals surface area contributed by atoms with Crippen LogP contribution in [0.15, 0.2) is 0 Å². The van der Waals surface area contributed by atoms with Crippen LogP contribution < -0.4 is 5.32 Å². The van der Waals surface area contributed by atoms with Crippen LogP contribution in [0.4, 0.5) is 0 Å². The SMILES string of the molecule is CCC1(CNC(=O)c2c(C(C)C)nn(C)c2Cl)COC1. The first kappa shape index (κ1) is 15.3. The summed E-state index contributed by atoms with van der Waals surface area (Å²) in [7, 11) is 1.75. The van der Waals surface area contributed by atoms with Crippen molar-refractivity contribution in [3.8, 4) is 0 Å². The quantitative estimate of drug-likeness (QED) is 0.908. The Bertz CT molecular complexity index is 501. The van der Waals surface area contributed by atoms with Crippen LogP contribution in [0, 0.1) is 5.41 Å². The van der Waals surface area contributed by atoms with E-state index in [2.05, 4.69) is 17.3 Å². The van der Waals surface area contributed by atoms with Crippen molar-refractivity contribution in [3.63, 3.8) is 0 Å². The third kappa shape index (κ3) is 2.69. The first-order valence-electron chi connectivity index (χ1n) is 6.98. The molecule has 0 aromatic carbocycles. The number of halogens is 1. The summed E-state index contributed by atoms with van der Waals surface area (Å²) in [6.45, 7) is 8.16. The van der Waals surface area contributed by atoms with E-state index >= 15 is 0 Å². The maximum absolute atomic E-state index is 12.4. The van der Waals surface area contributed by atoms with Gasteiger partial charge in [-0.15, -0.1) is 0 Å². The first-order chi connectivity index (χ1) is 9.40. The van der Waals surface area contributed by atoms with Crippen LogP contribution in [0.25, 0.3) is 0 Å². The van der Waals surface area contributed by atoms with Crippen molar-refractivity contribution in [2.45, 2.75) is 33.1 Å². The van der Waals surface area contributed by atoms with Gasteiger partial charge in [-0.05, 0) is 12.3 Å². The number of amides is 1. The van der Waals surface area contributed by atoms with Gasteiger partial charge >= 0.3 is 0 Å². The third-order valence-corrected chi connectivity index (χ3v) is 4.40. The second-order valence-corrected chi connectivity index (χ2v) is 6.22. The van der Waals surface area contributed by atoms with Gasteiger partial charge in [0, 0.05) is 19.0 Å². The van der Waals surface area contributed by atoms with E-state index in [1.165, 1.54) is 0 Å². The van der Waals surface area contributed by atoms with E-state index in [0.717, 1.165) is 12.1 Å². The predicted molar refractivity (Wildman–Crippen MR) is 78.2 cm³/mol. The van der Waals surface area contributed by atoms with Gasteiger partial charge in [-0.3, -0.25) is 9.48 Å². The Balaban J connectivity index is 2.13. The summed E-state index contributed by atoms with van der Waals surface area (Å²) in [6.07, 6.45) is 0.991. The number of aromatic nitrogens is 2. The number of aryl methyl sites for hydroxylation is 1. The molecule has 0 atom stereocenters. The van der Waals surface area contributed by atoms with Crippen LogP contribution >= 0.6 is 11.6 Å². The summed E-state index contributed by atoms with van der Waals surface area (Å²) in [5.74, 6) is 0.00754. The lowest BCUT2D eigenvalue weighted by molar-refractivity contribution is -0.111. The zero-order chi connectivity index (χ0) is 14.9. The highest BCUT2D eigenvalue weighted by Crippen LogP contribution is 2.31. The lowest BCUT2D eigenvalue weighted by Gasteiger charge is -2.40. The summed E-state index contributed by atoms with van der Waals surface area (Å²) in [4.78, 5) is 12.4. The molecular formula is C14H22ClN3O2. The fourth-order valence-corrected chi connectivity index (χ4v) is 2.54. The fraction of sp³-hybridized carbons (Fsp3) is 0.714. The minimum absolute atomic E-state index is 0.0857. The molecule has 6 heteroatoms. The van der Waals surface area contributed by atoms with Gasteiger partial charge in [-0.1, -0.05) is 32.4 Å². The lowest BCUT2D eigenvalue weighted by Crippen LogP contribution is -2.50. The molecule has 0 unspecified atom stereocenters. The van der Waals surface area contributed by atoms with Gasteiger partial charge in [-0.25, -0.2) is 0 Å². The van der Waals surface area contributed by atoms with E-state index in [9.17, 15) is 4.79 Å². The van der Waals surface area contributed by atoms with Crippen molar-refractivity contribution in [1.82, 2.24) is 15.1 Å². The van der Waals surface area contributed by atoms with Crippen molar-refractivity contribution in [2.75, 3.05) is 19.8 Å². The molecule has 1 aromatic heterocycles. The van der Waals surface area contributed by atoms with Crippen molar-refractivity contribution in [1.29, 1.82) is 0 Å². The molecule has 1 N–H and O–H groups in total. The van der Waals surface area contributed by atoms with Crippen LogP contribution in [0.1, 0.15) is 49.2 Å². The lowest BCUT2D eigenvalue weighted by atomic mass is 9.83. The summed E-state index contributed by atoms with van der Waals surface area (Å²) in [6, 6.07) is 0. The highest BCUT2D eigenvalue weighted by Gasteiger charge is 2.37. The molecule has 2 heterocycles. The molecule has 0 radical (unpaired) electrons. The summed E-state index contributed by atoms with van der Waals surface area (Å²) in [5.41, 5.74) is 1.32. The molecule has 112 valence electrons. The highest BCUT2D eigenvalue weighted by atomic mass is 35.5. The Morgan fingerprint density at radius 2 is 2.20 bits per heavy atom. The minimum atomic E-state index is -0.147. The molecule has 1 amide bonds. The topological polar surface area (TPSA) is 56.2 Å². The highest BCUT2D eigenvalue weighted by molar-refractivity contribution is 6.33. The van der Waals surface area contributed by atoms with Crippen molar-refractivity contribution in [2.24, 2.45) is 12.5 Å². The number of nitrogens with zero attached hydrogens (tertiary/aromatic N) is 2. The monoisotopic (exact) mass is 299 g/mol. The molecular weight excluding hydrogens is 278 g/mol. The first-order valence-corrected chi connectivity index (χ1v) is 7.36. The van der Waals surface area contributed by atoms with Crippen molar-refractivity contribution in [3.05, 3.63) is 16.4 Å². The van der Waals surface area contributed by atoms with Crippen LogP contribution in [-0.4, -0.2) is 35.4 Å². The van der Waals surface area contributed by atoms with Crippen molar-refractivity contribution >= 4 is 17.5 Å². The molecule has 2 rings (SSSR count). The number of rotatable bonds is 5. The largest absolute Gasteiger partial charge is 0.380 e. The Morgan fingerprint density at radius 1 is 1.55 bits per heavy atom. The Hall–Kier alpha value is -1.07. The number of carbonyl (C=O) groups is 1. The van der Waals surface area contributed by atoms with Crippen LogP contribution in [0.2, 0.25) is 5.15 Å². The zero-order valence-corrected chi connectivity index (χ0v) is 13.3. The minimum Gasteiger partial charge on any atom is -0.380 e. The zero-order valence-electron chi connectivity index (χ0n) is 12.5. The Morgan fingerprint density at radius 3 is 2.65 bits per heavy atom. The number of hydrogen-bond donors (Lipinski definition) is 1. The Kier molecular flexibility index (Phi) is 4.39. The van der Waals surface area contributed by atoms with Gasteiger partial charge in [-0.2, -0.15) is 5.10 Å². The van der Waals surface area contributed by atoms with Crippen LogP contribution in [0.5, 0.6) is 0 Å². The van der Waals surface area contributed by atoms with E-state index in [1.807, 2.05) is 13.8 Å². The number of nitrogens with one attached hydrogen (secondary N) is 1. The van der Waals surface area contributed by atoms with E-state index in [-0.39, 0.29) is 17.2 Å². The molecule has 0 spiro atoms. The van der Waals surface area contributed by atoms with Gasteiger partial charge < -0.3 is 10.1 Å². The number of hydrogen-bond acceptors (Lipinski definition) is 3. The van der Waals surface area contributed by atoms with Gasteiger partial charge in [0.1, 0.15) is 5.15 Å². The molecule has 1 aliphatic rings.